The molecule has 1 aliphatic heterocycles. The molecule has 1 aromatic heterocycles. The Labute approximate surface area is 166 Å². The second-order valence-electron chi connectivity index (χ2n) is 6.91. The van der Waals surface area contributed by atoms with Crippen LogP contribution in [0, 0.1) is 18.6 Å². The Morgan fingerprint density at radius 2 is 2.03 bits per heavy atom. The van der Waals surface area contributed by atoms with Crippen molar-refractivity contribution in [3.8, 4) is 11.4 Å². The quantitative estimate of drug-likeness (QED) is 0.676. The summed E-state index contributed by atoms with van der Waals surface area (Å²) in [5.74, 6) is -1.29. The number of carbonyl (C=O) groups is 1. The van der Waals surface area contributed by atoms with E-state index in [1.54, 1.807) is 19.5 Å². The van der Waals surface area contributed by atoms with Gasteiger partial charge < -0.3 is 14.6 Å². The van der Waals surface area contributed by atoms with Gasteiger partial charge in [-0.15, -0.1) is 0 Å². The van der Waals surface area contributed by atoms with Crippen molar-refractivity contribution >= 4 is 11.9 Å². The number of methoxy groups -OCH3 is 1. The molecule has 4 rings (SSSR count). The predicted molar refractivity (Wildman–Crippen MR) is 105 cm³/mol. The average molecular weight is 395 g/mol. The van der Waals surface area contributed by atoms with Gasteiger partial charge in [0.25, 0.3) is 0 Å². The van der Waals surface area contributed by atoms with Crippen molar-refractivity contribution < 1.29 is 18.3 Å². The van der Waals surface area contributed by atoms with Gasteiger partial charge in [-0.2, -0.15) is 0 Å². The third kappa shape index (κ3) is 3.76. The normalized spacial score (nSPS) is 17.6. The van der Waals surface area contributed by atoms with Gasteiger partial charge in [0, 0.05) is 12.6 Å². The van der Waals surface area contributed by atoms with Crippen LogP contribution in [0.3, 0.4) is 0 Å². The number of allylic oxidation sites excluding steroid dienone is 1. The minimum Gasteiger partial charge on any atom is -0.495 e. The zero-order chi connectivity index (χ0) is 20.5. The van der Waals surface area contributed by atoms with Gasteiger partial charge in [0.1, 0.15) is 5.75 Å². The van der Waals surface area contributed by atoms with Crippen LogP contribution in [0.2, 0.25) is 0 Å². The van der Waals surface area contributed by atoms with Crippen molar-refractivity contribution in [2.24, 2.45) is 0 Å². The number of nitrogens with one attached hydrogen (secondary N) is 1. The maximum absolute atomic E-state index is 13.5. The summed E-state index contributed by atoms with van der Waals surface area (Å²) in [7, 11) is 1.58. The Balaban J connectivity index is 1.60. The van der Waals surface area contributed by atoms with Crippen LogP contribution in [0.5, 0.6) is 5.75 Å². The largest absolute Gasteiger partial charge is 0.495 e. The standard InChI is InChI=1S/C22H19F2N3O2/c1-13-11-27(12-25-13)20-6-3-14(8-22(20)29-2)7-19-21(28)10-18(26-19)15-4-5-16(23)17(24)9-15/h3-9,11-12,18,26H,10H2,1-2H3/b19-7+/t18-/m0/s1. The van der Waals surface area contributed by atoms with Crippen LogP contribution in [-0.4, -0.2) is 22.4 Å². The van der Waals surface area contributed by atoms with E-state index in [9.17, 15) is 13.6 Å². The van der Waals surface area contributed by atoms with Gasteiger partial charge in [-0.3, -0.25) is 4.79 Å². The molecule has 5 nitrogen and oxygen atoms in total. The van der Waals surface area contributed by atoms with E-state index in [1.807, 2.05) is 35.9 Å². The molecule has 2 aromatic carbocycles. The maximum atomic E-state index is 13.5. The highest BCUT2D eigenvalue weighted by Crippen LogP contribution is 2.30. The van der Waals surface area contributed by atoms with Crippen LogP contribution >= 0.6 is 0 Å². The molecule has 0 aliphatic carbocycles. The molecule has 148 valence electrons. The fourth-order valence-electron chi connectivity index (χ4n) is 3.38. The van der Waals surface area contributed by atoms with E-state index in [-0.39, 0.29) is 18.2 Å². The Bertz CT molecular complexity index is 1120. The highest BCUT2D eigenvalue weighted by molar-refractivity contribution is 6.01. The van der Waals surface area contributed by atoms with Crippen molar-refractivity contribution in [1.82, 2.24) is 14.9 Å². The summed E-state index contributed by atoms with van der Waals surface area (Å²) >= 11 is 0. The molecule has 1 atom stereocenters. The molecule has 1 aliphatic rings. The average Bonchev–Trinajstić information content (AvgIpc) is 3.30. The van der Waals surface area contributed by atoms with Crippen LogP contribution in [0.1, 0.15) is 29.3 Å². The number of ketones is 1. The fourth-order valence-corrected chi connectivity index (χ4v) is 3.38. The molecule has 3 aromatic rings. The van der Waals surface area contributed by atoms with Crippen molar-refractivity contribution in [3.05, 3.63) is 83.1 Å². The van der Waals surface area contributed by atoms with Crippen molar-refractivity contribution in [2.45, 2.75) is 19.4 Å². The van der Waals surface area contributed by atoms with E-state index in [0.29, 0.717) is 17.0 Å². The van der Waals surface area contributed by atoms with E-state index in [2.05, 4.69) is 10.3 Å². The minimum atomic E-state index is -0.927. The minimum absolute atomic E-state index is 0.0898. The molecule has 0 saturated carbocycles. The number of halogens is 2. The Morgan fingerprint density at radius 1 is 1.21 bits per heavy atom. The zero-order valence-corrected chi connectivity index (χ0v) is 15.9. The lowest BCUT2D eigenvalue weighted by molar-refractivity contribution is -0.114. The fraction of sp³-hybridized carbons (Fsp3) is 0.182. The lowest BCUT2D eigenvalue weighted by Gasteiger charge is -2.12. The molecular formula is C22H19F2N3O2. The molecule has 1 fully saturated rings. The second-order valence-corrected chi connectivity index (χ2v) is 6.91. The molecule has 1 N–H and O–H groups in total. The summed E-state index contributed by atoms with van der Waals surface area (Å²) < 4.78 is 34.0. The molecule has 0 amide bonds. The summed E-state index contributed by atoms with van der Waals surface area (Å²) in [6.07, 6.45) is 5.51. The lowest BCUT2D eigenvalue weighted by atomic mass is 10.0. The number of aromatic nitrogens is 2. The first-order valence-electron chi connectivity index (χ1n) is 9.10. The van der Waals surface area contributed by atoms with E-state index < -0.39 is 11.6 Å². The van der Waals surface area contributed by atoms with Crippen molar-refractivity contribution in [3.63, 3.8) is 0 Å². The first-order valence-corrected chi connectivity index (χ1v) is 9.10. The highest BCUT2D eigenvalue weighted by Gasteiger charge is 2.28. The molecule has 0 spiro atoms. The second kappa shape index (κ2) is 7.50. The molecule has 0 radical (unpaired) electrons. The molecule has 2 heterocycles. The topological polar surface area (TPSA) is 56.1 Å². The number of benzene rings is 2. The van der Waals surface area contributed by atoms with Crippen LogP contribution in [0.15, 0.2) is 54.6 Å². The van der Waals surface area contributed by atoms with Crippen LogP contribution in [0.4, 0.5) is 8.78 Å². The molecule has 1 saturated heterocycles. The smallest absolute Gasteiger partial charge is 0.181 e. The number of hydrogen-bond donors (Lipinski definition) is 1. The third-order valence-electron chi connectivity index (χ3n) is 4.87. The van der Waals surface area contributed by atoms with E-state index in [4.69, 9.17) is 4.74 Å². The first-order chi connectivity index (χ1) is 13.9. The van der Waals surface area contributed by atoms with Crippen molar-refractivity contribution in [2.75, 3.05) is 7.11 Å². The van der Waals surface area contributed by atoms with Crippen LogP contribution < -0.4 is 10.1 Å². The molecule has 0 bridgehead atoms. The van der Waals surface area contributed by atoms with Gasteiger partial charge in [-0.05, 0) is 48.4 Å². The summed E-state index contributed by atoms with van der Waals surface area (Å²) in [6, 6.07) is 8.88. The summed E-state index contributed by atoms with van der Waals surface area (Å²) in [5.41, 5.74) is 3.46. The first kappa shape index (κ1) is 18.9. The zero-order valence-electron chi connectivity index (χ0n) is 15.9. The van der Waals surface area contributed by atoms with Crippen molar-refractivity contribution in [1.29, 1.82) is 0 Å². The number of nitrogens with zero attached hydrogens (tertiary/aromatic N) is 2. The van der Waals surface area contributed by atoms with E-state index in [1.165, 1.54) is 6.07 Å². The lowest BCUT2D eigenvalue weighted by Crippen LogP contribution is -2.12. The third-order valence-corrected chi connectivity index (χ3v) is 4.87. The Morgan fingerprint density at radius 3 is 2.72 bits per heavy atom. The Kier molecular flexibility index (Phi) is 4.88. The van der Waals surface area contributed by atoms with E-state index >= 15 is 0 Å². The number of imidazole rings is 1. The van der Waals surface area contributed by atoms with Gasteiger partial charge in [0.05, 0.1) is 36.6 Å². The number of ether oxygens (including phenoxy) is 1. The van der Waals surface area contributed by atoms with Gasteiger partial charge >= 0.3 is 0 Å². The van der Waals surface area contributed by atoms with Gasteiger partial charge in [0.2, 0.25) is 0 Å². The van der Waals surface area contributed by atoms with Gasteiger partial charge in [-0.25, -0.2) is 13.8 Å². The number of rotatable bonds is 4. The molecule has 29 heavy (non-hydrogen) atoms. The number of carbonyl (C=O) groups excluding carboxylic acids is 1. The summed E-state index contributed by atoms with van der Waals surface area (Å²) in [5, 5.41) is 3.11. The number of hydrogen-bond acceptors (Lipinski definition) is 4. The monoisotopic (exact) mass is 395 g/mol. The molecule has 7 heteroatoms. The van der Waals surface area contributed by atoms with Gasteiger partial charge in [-0.1, -0.05) is 12.1 Å². The molecule has 0 unspecified atom stereocenters. The molecular weight excluding hydrogens is 376 g/mol. The van der Waals surface area contributed by atoms with E-state index in [0.717, 1.165) is 29.1 Å². The summed E-state index contributed by atoms with van der Waals surface area (Å²) in [4.78, 5) is 16.6. The highest BCUT2D eigenvalue weighted by atomic mass is 19.2. The predicted octanol–water partition coefficient (Wildman–Crippen LogP) is 4.11. The SMILES string of the molecule is COc1cc(/C=C2/N[C@H](c3ccc(F)c(F)c3)CC2=O)ccc1-n1cnc(C)c1. The van der Waals surface area contributed by atoms with Gasteiger partial charge in [0.15, 0.2) is 17.4 Å². The summed E-state index contributed by atoms with van der Waals surface area (Å²) in [6.45, 7) is 1.91. The number of aryl methyl sites for hydroxylation is 1. The van der Waals surface area contributed by atoms with Crippen LogP contribution in [-0.2, 0) is 4.79 Å². The maximum Gasteiger partial charge on any atom is 0.181 e. The Hall–Kier alpha value is -3.48. The number of Topliss-reactive ketones (excluding diaryl/α,β-unsaturated/α-hetero) is 1. The van der Waals surface area contributed by atoms with Crippen LogP contribution in [0.25, 0.3) is 11.8 Å².